The van der Waals surface area contributed by atoms with Gasteiger partial charge in [0.1, 0.15) is 0 Å². The van der Waals surface area contributed by atoms with Crippen LogP contribution in [-0.4, -0.2) is 16.1 Å². The average molecular weight is 395 g/mol. The van der Waals surface area contributed by atoms with Crippen LogP contribution < -0.4 is 5.32 Å². The first-order valence-electron chi connectivity index (χ1n) is 10.9. The van der Waals surface area contributed by atoms with E-state index in [0.717, 1.165) is 24.1 Å². The molecule has 2 aromatic rings. The average Bonchev–Trinajstić information content (AvgIpc) is 2.72. The number of aliphatic carboxylic acids is 1. The Bertz CT molecular complexity index is 763. The van der Waals surface area contributed by atoms with Gasteiger partial charge in [0, 0.05) is 18.8 Å². The van der Waals surface area contributed by atoms with Crippen molar-refractivity contribution in [2.45, 2.75) is 52.6 Å². The van der Waals surface area contributed by atoms with Crippen molar-refractivity contribution in [3.8, 4) is 0 Å². The van der Waals surface area contributed by atoms with Crippen LogP contribution in [0.4, 0.5) is 0 Å². The Morgan fingerprint density at radius 2 is 1.83 bits per heavy atom. The van der Waals surface area contributed by atoms with Gasteiger partial charge in [0.25, 0.3) is 0 Å². The Morgan fingerprint density at radius 1 is 1.10 bits per heavy atom. The topological polar surface area (TPSA) is 62.2 Å². The van der Waals surface area contributed by atoms with Crippen LogP contribution in [0, 0.1) is 29.6 Å². The zero-order chi connectivity index (χ0) is 20.8. The molecule has 1 aromatic heterocycles. The molecule has 1 heterocycles. The number of pyridine rings is 1. The SMILES string of the molecule is CC(C)C1CC[C@@H](C)C[C@H]1[C@H](C(=O)O)C(NCc1ccccn1)c1ccccc1. The van der Waals surface area contributed by atoms with Crippen LogP contribution in [0.25, 0.3) is 0 Å². The van der Waals surface area contributed by atoms with Crippen LogP contribution in [0.5, 0.6) is 0 Å². The lowest BCUT2D eigenvalue weighted by Crippen LogP contribution is -2.43. The van der Waals surface area contributed by atoms with Gasteiger partial charge < -0.3 is 10.4 Å². The second kappa shape index (κ2) is 10.0. The maximum atomic E-state index is 12.6. The molecule has 0 radical (unpaired) electrons. The number of aromatic nitrogens is 1. The van der Waals surface area contributed by atoms with Crippen molar-refractivity contribution in [3.05, 3.63) is 66.0 Å². The minimum atomic E-state index is -0.697. The maximum Gasteiger partial charge on any atom is 0.308 e. The van der Waals surface area contributed by atoms with Crippen molar-refractivity contribution in [1.82, 2.24) is 10.3 Å². The van der Waals surface area contributed by atoms with Crippen LogP contribution in [-0.2, 0) is 11.3 Å². The molecule has 1 aromatic carbocycles. The van der Waals surface area contributed by atoms with Crippen LogP contribution in [0.3, 0.4) is 0 Å². The summed E-state index contributed by atoms with van der Waals surface area (Å²) in [5.41, 5.74) is 1.96. The third-order valence-electron chi connectivity index (χ3n) is 6.57. The molecule has 0 amide bonds. The molecule has 3 rings (SSSR count). The molecule has 1 saturated carbocycles. The molecule has 29 heavy (non-hydrogen) atoms. The lowest BCUT2D eigenvalue weighted by atomic mass is 9.63. The zero-order valence-corrected chi connectivity index (χ0v) is 17.8. The number of benzene rings is 1. The molecule has 4 heteroatoms. The summed E-state index contributed by atoms with van der Waals surface area (Å²) in [6, 6.07) is 15.7. The van der Waals surface area contributed by atoms with E-state index in [-0.39, 0.29) is 12.0 Å². The van der Waals surface area contributed by atoms with Crippen molar-refractivity contribution in [1.29, 1.82) is 0 Å². The van der Waals surface area contributed by atoms with E-state index in [4.69, 9.17) is 0 Å². The van der Waals surface area contributed by atoms with E-state index in [0.29, 0.717) is 24.3 Å². The lowest BCUT2D eigenvalue weighted by Gasteiger charge is -2.43. The Balaban J connectivity index is 1.94. The third-order valence-corrected chi connectivity index (χ3v) is 6.57. The van der Waals surface area contributed by atoms with Gasteiger partial charge in [0.05, 0.1) is 11.6 Å². The van der Waals surface area contributed by atoms with E-state index < -0.39 is 11.9 Å². The molecule has 0 aliphatic heterocycles. The Morgan fingerprint density at radius 3 is 2.45 bits per heavy atom. The van der Waals surface area contributed by atoms with E-state index in [1.807, 2.05) is 48.5 Å². The summed E-state index contributed by atoms with van der Waals surface area (Å²) in [5, 5.41) is 13.9. The molecule has 1 fully saturated rings. The highest BCUT2D eigenvalue weighted by molar-refractivity contribution is 5.72. The largest absolute Gasteiger partial charge is 0.481 e. The number of hydrogen-bond acceptors (Lipinski definition) is 3. The molecule has 0 spiro atoms. The van der Waals surface area contributed by atoms with Crippen LogP contribution in [0.2, 0.25) is 0 Å². The van der Waals surface area contributed by atoms with E-state index >= 15 is 0 Å². The lowest BCUT2D eigenvalue weighted by molar-refractivity contribution is -0.147. The number of nitrogens with zero attached hydrogens (tertiary/aromatic N) is 1. The highest BCUT2D eigenvalue weighted by atomic mass is 16.4. The van der Waals surface area contributed by atoms with Crippen molar-refractivity contribution in [2.24, 2.45) is 29.6 Å². The van der Waals surface area contributed by atoms with Gasteiger partial charge in [-0.2, -0.15) is 0 Å². The molecule has 0 saturated heterocycles. The summed E-state index contributed by atoms with van der Waals surface area (Å²) in [7, 11) is 0. The molecule has 156 valence electrons. The van der Waals surface area contributed by atoms with Crippen LogP contribution >= 0.6 is 0 Å². The van der Waals surface area contributed by atoms with Gasteiger partial charge in [-0.15, -0.1) is 0 Å². The van der Waals surface area contributed by atoms with Crippen molar-refractivity contribution in [3.63, 3.8) is 0 Å². The van der Waals surface area contributed by atoms with E-state index in [9.17, 15) is 9.90 Å². The second-order valence-electron chi connectivity index (χ2n) is 8.94. The van der Waals surface area contributed by atoms with Gasteiger partial charge in [-0.1, -0.05) is 63.6 Å². The first kappa shape index (κ1) is 21.5. The third kappa shape index (κ3) is 5.45. The summed E-state index contributed by atoms with van der Waals surface area (Å²) in [6.07, 6.45) is 5.08. The predicted molar refractivity (Wildman–Crippen MR) is 116 cm³/mol. The predicted octanol–water partition coefficient (Wildman–Crippen LogP) is 5.32. The second-order valence-corrected chi connectivity index (χ2v) is 8.94. The molecule has 2 unspecified atom stereocenters. The van der Waals surface area contributed by atoms with Gasteiger partial charge >= 0.3 is 5.97 Å². The number of rotatable bonds is 8. The summed E-state index contributed by atoms with van der Waals surface area (Å²) in [4.78, 5) is 17.1. The Hall–Kier alpha value is -2.20. The summed E-state index contributed by atoms with van der Waals surface area (Å²) < 4.78 is 0. The number of hydrogen-bond donors (Lipinski definition) is 2. The molecular formula is C25H34N2O2. The Labute approximate surface area is 174 Å². The van der Waals surface area contributed by atoms with Gasteiger partial charge in [-0.25, -0.2) is 0 Å². The van der Waals surface area contributed by atoms with Gasteiger partial charge in [0.2, 0.25) is 0 Å². The van der Waals surface area contributed by atoms with Gasteiger partial charge in [-0.05, 0) is 54.2 Å². The minimum absolute atomic E-state index is 0.165. The molecule has 1 aliphatic carbocycles. The van der Waals surface area contributed by atoms with Crippen LogP contribution in [0.1, 0.15) is 57.3 Å². The highest BCUT2D eigenvalue weighted by Crippen LogP contribution is 2.45. The number of carboxylic acid groups (broad SMARTS) is 1. The number of nitrogens with one attached hydrogen (secondary N) is 1. The minimum Gasteiger partial charge on any atom is -0.481 e. The first-order valence-corrected chi connectivity index (χ1v) is 10.9. The van der Waals surface area contributed by atoms with Gasteiger partial charge in [0.15, 0.2) is 0 Å². The smallest absolute Gasteiger partial charge is 0.308 e. The maximum absolute atomic E-state index is 12.6. The quantitative estimate of drug-likeness (QED) is 0.636. The fraction of sp³-hybridized carbons (Fsp3) is 0.520. The fourth-order valence-corrected chi connectivity index (χ4v) is 5.09. The van der Waals surface area contributed by atoms with Crippen molar-refractivity contribution < 1.29 is 9.90 Å². The van der Waals surface area contributed by atoms with Crippen molar-refractivity contribution in [2.75, 3.05) is 0 Å². The number of carboxylic acids is 1. The summed E-state index contributed by atoms with van der Waals surface area (Å²) in [5.74, 6) is 0.506. The van der Waals surface area contributed by atoms with Crippen LogP contribution in [0.15, 0.2) is 54.7 Å². The molecule has 1 aliphatic rings. The highest BCUT2D eigenvalue weighted by Gasteiger charge is 2.43. The molecule has 2 N–H and O–H groups in total. The normalized spacial score (nSPS) is 24.2. The first-order chi connectivity index (χ1) is 14.0. The monoisotopic (exact) mass is 394 g/mol. The molecule has 4 nitrogen and oxygen atoms in total. The van der Waals surface area contributed by atoms with E-state index in [1.54, 1.807) is 6.20 Å². The Kier molecular flexibility index (Phi) is 7.43. The summed E-state index contributed by atoms with van der Waals surface area (Å²) >= 11 is 0. The zero-order valence-electron chi connectivity index (χ0n) is 17.8. The summed E-state index contributed by atoms with van der Waals surface area (Å²) in [6.45, 7) is 7.30. The molecular weight excluding hydrogens is 360 g/mol. The van der Waals surface area contributed by atoms with Crippen molar-refractivity contribution >= 4 is 5.97 Å². The standard InChI is InChI=1S/C25H34N2O2/c1-17(2)21-13-12-18(3)15-22(21)23(25(28)29)24(19-9-5-4-6-10-19)27-16-20-11-7-8-14-26-20/h4-11,14,17-18,21-24,27H,12-13,15-16H2,1-3H3,(H,28,29)/t18-,21?,22-,23+,24?/m1/s1. The van der Waals surface area contributed by atoms with E-state index in [1.165, 1.54) is 6.42 Å². The molecule has 0 bridgehead atoms. The van der Waals surface area contributed by atoms with Gasteiger partial charge in [-0.3, -0.25) is 9.78 Å². The number of carbonyl (C=O) groups is 1. The fourth-order valence-electron chi connectivity index (χ4n) is 5.09. The molecule has 5 atom stereocenters. The van der Waals surface area contributed by atoms with E-state index in [2.05, 4.69) is 31.1 Å².